The van der Waals surface area contributed by atoms with Gasteiger partial charge in [0.1, 0.15) is 5.82 Å². The lowest BCUT2D eigenvalue weighted by molar-refractivity contribution is -0.129. The summed E-state index contributed by atoms with van der Waals surface area (Å²) >= 11 is 5.75. The molecule has 0 spiro atoms. The van der Waals surface area contributed by atoms with Crippen molar-refractivity contribution in [2.45, 2.75) is 0 Å². The summed E-state index contributed by atoms with van der Waals surface area (Å²) in [5, 5.41) is 0.118. The van der Waals surface area contributed by atoms with E-state index in [-0.39, 0.29) is 17.5 Å². The maximum atomic E-state index is 13.1. The zero-order chi connectivity index (χ0) is 13.1. The predicted octanol–water partition coefficient (Wildman–Crippen LogP) is 1.09. The zero-order valence-corrected chi connectivity index (χ0v) is 10.7. The molecule has 2 N–H and O–H groups in total. The first-order chi connectivity index (χ1) is 8.61. The average molecular weight is 272 g/mol. The molecule has 0 aromatic heterocycles. The van der Waals surface area contributed by atoms with E-state index in [4.69, 9.17) is 17.3 Å². The summed E-state index contributed by atoms with van der Waals surface area (Å²) in [6.45, 7) is 2.71. The van der Waals surface area contributed by atoms with E-state index >= 15 is 0 Å². The van der Waals surface area contributed by atoms with E-state index in [2.05, 4.69) is 4.90 Å². The van der Waals surface area contributed by atoms with Crippen molar-refractivity contribution in [3.8, 4) is 0 Å². The minimum Gasteiger partial charge on any atom is -0.368 e. The molecule has 2 rings (SSSR count). The smallest absolute Gasteiger partial charge is 0.236 e. The minimum absolute atomic E-state index is 0.0354. The monoisotopic (exact) mass is 271 g/mol. The molecule has 0 atom stereocenters. The van der Waals surface area contributed by atoms with Gasteiger partial charge in [-0.25, -0.2) is 4.39 Å². The van der Waals surface area contributed by atoms with E-state index in [0.717, 1.165) is 5.69 Å². The van der Waals surface area contributed by atoms with Crippen molar-refractivity contribution in [3.05, 3.63) is 29.0 Å². The summed E-state index contributed by atoms with van der Waals surface area (Å²) in [5.74, 6) is -0.454. The van der Waals surface area contributed by atoms with Crippen molar-refractivity contribution < 1.29 is 9.18 Å². The SMILES string of the molecule is NCC(=O)N1CCN(c2ccc(F)c(Cl)c2)CC1. The first kappa shape index (κ1) is 13.1. The summed E-state index contributed by atoms with van der Waals surface area (Å²) in [6, 6.07) is 4.66. The van der Waals surface area contributed by atoms with Crippen LogP contribution in [0.4, 0.5) is 10.1 Å². The van der Waals surface area contributed by atoms with Crippen LogP contribution in [-0.2, 0) is 4.79 Å². The molecule has 1 aliphatic rings. The second-order valence-electron chi connectivity index (χ2n) is 4.17. The fourth-order valence-corrected chi connectivity index (χ4v) is 2.20. The number of anilines is 1. The standard InChI is InChI=1S/C12H15ClFN3O/c13-10-7-9(1-2-11(10)14)16-3-5-17(6-4-16)12(18)8-15/h1-2,7H,3-6,8,15H2. The van der Waals surface area contributed by atoms with Gasteiger partial charge in [-0.3, -0.25) is 4.79 Å². The van der Waals surface area contributed by atoms with Crippen LogP contribution in [0.1, 0.15) is 0 Å². The largest absolute Gasteiger partial charge is 0.368 e. The molecule has 18 heavy (non-hydrogen) atoms. The van der Waals surface area contributed by atoms with Gasteiger partial charge in [0, 0.05) is 31.9 Å². The summed E-state index contributed by atoms with van der Waals surface area (Å²) in [4.78, 5) is 15.2. The molecule has 1 aromatic carbocycles. The Morgan fingerprint density at radius 3 is 2.56 bits per heavy atom. The molecular formula is C12H15ClFN3O. The second kappa shape index (κ2) is 5.54. The zero-order valence-electron chi connectivity index (χ0n) is 9.90. The van der Waals surface area contributed by atoms with Crippen LogP contribution < -0.4 is 10.6 Å². The van der Waals surface area contributed by atoms with Gasteiger partial charge >= 0.3 is 0 Å². The van der Waals surface area contributed by atoms with Crippen LogP contribution in [0.15, 0.2) is 18.2 Å². The van der Waals surface area contributed by atoms with Crippen molar-refractivity contribution >= 4 is 23.2 Å². The van der Waals surface area contributed by atoms with E-state index in [9.17, 15) is 9.18 Å². The molecule has 1 saturated heterocycles. The Labute approximate surface area is 110 Å². The summed E-state index contributed by atoms with van der Waals surface area (Å²) < 4.78 is 13.1. The van der Waals surface area contributed by atoms with Gasteiger partial charge < -0.3 is 15.5 Å². The van der Waals surface area contributed by atoms with Gasteiger partial charge in [0.25, 0.3) is 0 Å². The third-order valence-electron chi connectivity index (χ3n) is 3.08. The van der Waals surface area contributed by atoms with Gasteiger partial charge in [0.2, 0.25) is 5.91 Å². The molecule has 0 radical (unpaired) electrons. The highest BCUT2D eigenvalue weighted by atomic mass is 35.5. The fourth-order valence-electron chi connectivity index (χ4n) is 2.02. The number of hydrogen-bond acceptors (Lipinski definition) is 3. The number of hydrogen-bond donors (Lipinski definition) is 1. The topological polar surface area (TPSA) is 49.6 Å². The highest BCUT2D eigenvalue weighted by molar-refractivity contribution is 6.31. The number of benzene rings is 1. The third kappa shape index (κ3) is 2.73. The molecule has 0 bridgehead atoms. The number of halogens is 2. The summed E-state index contributed by atoms with van der Waals surface area (Å²) in [6.07, 6.45) is 0. The Kier molecular flexibility index (Phi) is 4.04. The van der Waals surface area contributed by atoms with Crippen LogP contribution in [0, 0.1) is 5.82 Å². The summed E-state index contributed by atoms with van der Waals surface area (Å²) in [7, 11) is 0. The number of nitrogens with zero attached hydrogens (tertiary/aromatic N) is 2. The Hall–Kier alpha value is -1.33. The van der Waals surface area contributed by atoms with Crippen molar-refractivity contribution in [2.24, 2.45) is 5.73 Å². The molecule has 1 aliphatic heterocycles. The lowest BCUT2D eigenvalue weighted by atomic mass is 10.2. The normalized spacial score (nSPS) is 15.9. The predicted molar refractivity (Wildman–Crippen MR) is 69.3 cm³/mol. The quantitative estimate of drug-likeness (QED) is 0.876. The first-order valence-corrected chi connectivity index (χ1v) is 6.17. The molecule has 1 heterocycles. The Balaban J connectivity index is 2.01. The van der Waals surface area contributed by atoms with Gasteiger partial charge in [0.15, 0.2) is 0 Å². The van der Waals surface area contributed by atoms with Crippen LogP contribution in [0.2, 0.25) is 5.02 Å². The molecule has 0 aliphatic carbocycles. The average Bonchev–Trinajstić information content (AvgIpc) is 2.41. The molecule has 98 valence electrons. The Morgan fingerprint density at radius 1 is 1.33 bits per heavy atom. The molecule has 4 nitrogen and oxygen atoms in total. The molecule has 1 aromatic rings. The number of piperazine rings is 1. The third-order valence-corrected chi connectivity index (χ3v) is 3.36. The van der Waals surface area contributed by atoms with Crippen molar-refractivity contribution in [1.29, 1.82) is 0 Å². The summed E-state index contributed by atoms with van der Waals surface area (Å²) in [5.41, 5.74) is 6.20. The molecule has 6 heteroatoms. The Morgan fingerprint density at radius 2 is 2.00 bits per heavy atom. The lowest BCUT2D eigenvalue weighted by Crippen LogP contribution is -2.50. The molecule has 1 amide bonds. The van der Waals surface area contributed by atoms with Crippen molar-refractivity contribution in [1.82, 2.24) is 4.90 Å². The van der Waals surface area contributed by atoms with Gasteiger partial charge in [-0.05, 0) is 18.2 Å². The second-order valence-corrected chi connectivity index (χ2v) is 4.58. The van der Waals surface area contributed by atoms with Crippen LogP contribution >= 0.6 is 11.6 Å². The molecule has 0 unspecified atom stereocenters. The van der Waals surface area contributed by atoms with Gasteiger partial charge in [-0.1, -0.05) is 11.6 Å². The van der Waals surface area contributed by atoms with E-state index in [0.29, 0.717) is 26.2 Å². The Bertz CT molecular complexity index is 447. The number of nitrogens with two attached hydrogens (primary N) is 1. The van der Waals surface area contributed by atoms with Crippen molar-refractivity contribution in [2.75, 3.05) is 37.6 Å². The van der Waals surface area contributed by atoms with E-state index in [1.807, 2.05) is 0 Å². The number of carbonyl (C=O) groups is 1. The number of amides is 1. The highest BCUT2D eigenvalue weighted by Gasteiger charge is 2.20. The van der Waals surface area contributed by atoms with Gasteiger partial charge in [0.05, 0.1) is 11.6 Å². The van der Waals surface area contributed by atoms with Gasteiger partial charge in [-0.2, -0.15) is 0 Å². The van der Waals surface area contributed by atoms with Crippen LogP contribution in [-0.4, -0.2) is 43.5 Å². The highest BCUT2D eigenvalue weighted by Crippen LogP contribution is 2.23. The number of rotatable bonds is 2. The lowest BCUT2D eigenvalue weighted by Gasteiger charge is -2.36. The van der Waals surface area contributed by atoms with E-state index in [1.54, 1.807) is 17.0 Å². The fraction of sp³-hybridized carbons (Fsp3) is 0.417. The van der Waals surface area contributed by atoms with E-state index in [1.165, 1.54) is 6.07 Å². The van der Waals surface area contributed by atoms with Crippen LogP contribution in [0.5, 0.6) is 0 Å². The van der Waals surface area contributed by atoms with Gasteiger partial charge in [-0.15, -0.1) is 0 Å². The molecule has 0 saturated carbocycles. The first-order valence-electron chi connectivity index (χ1n) is 5.79. The van der Waals surface area contributed by atoms with Crippen molar-refractivity contribution in [3.63, 3.8) is 0 Å². The van der Waals surface area contributed by atoms with E-state index < -0.39 is 5.82 Å². The molecular weight excluding hydrogens is 257 g/mol. The molecule has 1 fully saturated rings. The maximum absolute atomic E-state index is 13.1. The maximum Gasteiger partial charge on any atom is 0.236 e. The van der Waals surface area contributed by atoms with Crippen LogP contribution in [0.3, 0.4) is 0 Å². The number of carbonyl (C=O) groups excluding carboxylic acids is 1. The van der Waals surface area contributed by atoms with Crippen LogP contribution in [0.25, 0.3) is 0 Å². The minimum atomic E-state index is -0.419.